The quantitative estimate of drug-likeness (QED) is 0.265. The molecule has 4 heteroatoms. The van der Waals surface area contributed by atoms with Gasteiger partial charge in [-0.3, -0.25) is 0 Å². The van der Waals surface area contributed by atoms with Crippen LogP contribution in [0.1, 0.15) is 78.1 Å². The van der Waals surface area contributed by atoms with Gasteiger partial charge in [0.05, 0.1) is 0 Å². The van der Waals surface area contributed by atoms with E-state index in [1.165, 1.54) is 38.5 Å². The molecule has 0 saturated carbocycles. The standard InChI is InChI=1S/C14H33O2PS/c1-3-5-7-9-11-13-17(15,16,18)14-12-10-8-6-4-2/h15-16,18H,3-14H2,1-2H3. The SMILES string of the molecule is CCCCCCCP(O)(O)(S)CCCCCCC. The number of unbranched alkanes of at least 4 members (excludes halogenated alkanes) is 8. The molecule has 0 atom stereocenters. The van der Waals surface area contributed by atoms with Gasteiger partial charge in [-0.25, -0.2) is 0 Å². The number of hydrogen-bond acceptors (Lipinski definition) is 3. The van der Waals surface area contributed by atoms with Gasteiger partial charge in [-0.05, 0) is 0 Å². The van der Waals surface area contributed by atoms with Crippen molar-refractivity contribution in [3.63, 3.8) is 0 Å². The van der Waals surface area contributed by atoms with Crippen LogP contribution in [0.5, 0.6) is 0 Å². The summed E-state index contributed by atoms with van der Waals surface area (Å²) in [6.45, 7) is 4.38. The molecule has 112 valence electrons. The molecule has 0 aliphatic heterocycles. The normalized spacial score (nSPS) is 14.4. The van der Waals surface area contributed by atoms with E-state index in [9.17, 15) is 9.79 Å². The number of rotatable bonds is 12. The van der Waals surface area contributed by atoms with Crippen molar-refractivity contribution in [1.82, 2.24) is 0 Å². The summed E-state index contributed by atoms with van der Waals surface area (Å²) in [6, 6.07) is 0. The second-order valence-electron chi connectivity index (χ2n) is 5.62. The average molecular weight is 296 g/mol. The van der Waals surface area contributed by atoms with E-state index in [0.29, 0.717) is 12.3 Å². The Labute approximate surface area is 119 Å². The molecule has 0 saturated heterocycles. The second-order valence-corrected chi connectivity index (χ2v) is 12.0. The third-order valence-electron chi connectivity index (χ3n) is 3.44. The fraction of sp³-hybridized carbons (Fsp3) is 1.00. The molecule has 18 heavy (non-hydrogen) atoms. The fourth-order valence-corrected chi connectivity index (χ4v) is 5.01. The molecule has 0 heterocycles. The summed E-state index contributed by atoms with van der Waals surface area (Å²) in [4.78, 5) is 20.5. The molecule has 0 rings (SSSR count). The van der Waals surface area contributed by atoms with E-state index < -0.39 is 6.26 Å². The molecule has 0 aliphatic carbocycles. The predicted octanol–water partition coefficient (Wildman–Crippen LogP) is 5.14. The molecular formula is C14H33O2PS. The van der Waals surface area contributed by atoms with E-state index in [-0.39, 0.29) is 0 Å². The number of hydrogen-bond donors (Lipinski definition) is 3. The average Bonchev–Trinajstić information content (AvgIpc) is 2.28. The van der Waals surface area contributed by atoms with Crippen molar-refractivity contribution in [2.75, 3.05) is 12.3 Å². The predicted molar refractivity (Wildman–Crippen MR) is 87.6 cm³/mol. The van der Waals surface area contributed by atoms with E-state index in [1.54, 1.807) is 0 Å². The molecule has 0 fully saturated rings. The van der Waals surface area contributed by atoms with E-state index in [1.807, 2.05) is 0 Å². The Kier molecular flexibility index (Phi) is 9.95. The van der Waals surface area contributed by atoms with Crippen LogP contribution >= 0.6 is 18.5 Å². The Morgan fingerprint density at radius 1 is 0.667 bits per heavy atom. The van der Waals surface area contributed by atoms with Gasteiger partial charge in [0.1, 0.15) is 0 Å². The molecule has 0 aromatic heterocycles. The molecule has 0 aromatic carbocycles. The van der Waals surface area contributed by atoms with Crippen LogP contribution in [0.15, 0.2) is 0 Å². The Morgan fingerprint density at radius 3 is 1.33 bits per heavy atom. The fourth-order valence-electron chi connectivity index (χ4n) is 2.19. The molecule has 2 N–H and O–H groups in total. The third kappa shape index (κ3) is 11.8. The second kappa shape index (κ2) is 9.58. The van der Waals surface area contributed by atoms with Gasteiger partial charge in [-0.1, -0.05) is 0 Å². The molecule has 0 spiro atoms. The zero-order valence-corrected chi connectivity index (χ0v) is 14.1. The Hall–Kier alpha value is 0.700. The van der Waals surface area contributed by atoms with Crippen molar-refractivity contribution in [2.45, 2.75) is 78.1 Å². The zero-order valence-electron chi connectivity index (χ0n) is 12.3. The first kappa shape index (κ1) is 18.7. The zero-order chi connectivity index (χ0) is 13.9. The molecular weight excluding hydrogens is 263 g/mol. The van der Waals surface area contributed by atoms with Crippen molar-refractivity contribution in [3.05, 3.63) is 0 Å². The van der Waals surface area contributed by atoms with E-state index in [4.69, 9.17) is 0 Å². The molecule has 0 radical (unpaired) electrons. The van der Waals surface area contributed by atoms with Crippen LogP contribution in [0, 0.1) is 0 Å². The van der Waals surface area contributed by atoms with Crippen molar-refractivity contribution < 1.29 is 9.79 Å². The molecule has 2 nitrogen and oxygen atoms in total. The van der Waals surface area contributed by atoms with Gasteiger partial charge in [0.2, 0.25) is 0 Å². The van der Waals surface area contributed by atoms with Gasteiger partial charge in [-0.15, -0.1) is 0 Å². The van der Waals surface area contributed by atoms with Crippen LogP contribution in [-0.4, -0.2) is 22.1 Å². The summed E-state index contributed by atoms with van der Waals surface area (Å²) in [5.74, 6) is 0. The van der Waals surface area contributed by atoms with E-state index >= 15 is 0 Å². The molecule has 0 aromatic rings. The van der Waals surface area contributed by atoms with Crippen molar-refractivity contribution in [1.29, 1.82) is 0 Å². The van der Waals surface area contributed by atoms with Gasteiger partial charge < -0.3 is 0 Å². The van der Waals surface area contributed by atoms with Crippen molar-refractivity contribution in [2.24, 2.45) is 0 Å². The van der Waals surface area contributed by atoms with Crippen LogP contribution < -0.4 is 0 Å². The first-order valence-corrected chi connectivity index (χ1v) is 11.3. The monoisotopic (exact) mass is 296 g/mol. The van der Waals surface area contributed by atoms with Crippen molar-refractivity contribution >= 4 is 18.5 Å². The summed E-state index contributed by atoms with van der Waals surface area (Å²) in [7, 11) is 0. The Bertz CT molecular complexity index is 184. The van der Waals surface area contributed by atoms with E-state index in [0.717, 1.165) is 25.7 Å². The van der Waals surface area contributed by atoms with Crippen LogP contribution in [0.25, 0.3) is 0 Å². The summed E-state index contributed by atoms with van der Waals surface area (Å²) in [6.07, 6.45) is 8.77. The third-order valence-corrected chi connectivity index (χ3v) is 7.10. The topological polar surface area (TPSA) is 40.5 Å². The van der Waals surface area contributed by atoms with Crippen LogP contribution in [0.4, 0.5) is 0 Å². The molecule has 0 aliphatic rings. The summed E-state index contributed by atoms with van der Waals surface area (Å²) in [5.41, 5.74) is 0. The van der Waals surface area contributed by atoms with Crippen LogP contribution in [-0.2, 0) is 0 Å². The maximum absolute atomic E-state index is 10.2. The Balaban J connectivity index is 3.69. The van der Waals surface area contributed by atoms with Gasteiger partial charge >= 0.3 is 119 Å². The summed E-state index contributed by atoms with van der Waals surface area (Å²) < 4.78 is 0. The summed E-state index contributed by atoms with van der Waals surface area (Å²) >= 11 is 4.24. The maximum atomic E-state index is 10.2. The van der Waals surface area contributed by atoms with Crippen LogP contribution in [0.3, 0.4) is 0 Å². The van der Waals surface area contributed by atoms with Gasteiger partial charge in [-0.2, -0.15) is 0 Å². The van der Waals surface area contributed by atoms with Crippen molar-refractivity contribution in [3.8, 4) is 0 Å². The van der Waals surface area contributed by atoms with Gasteiger partial charge in [0.25, 0.3) is 0 Å². The molecule has 0 amide bonds. The minimum atomic E-state index is -3.60. The molecule has 0 bridgehead atoms. The van der Waals surface area contributed by atoms with E-state index in [2.05, 4.69) is 26.1 Å². The summed E-state index contributed by atoms with van der Waals surface area (Å²) in [5, 5.41) is 0. The minimum absolute atomic E-state index is 0.506. The van der Waals surface area contributed by atoms with Crippen LogP contribution in [0.2, 0.25) is 0 Å². The first-order valence-electron chi connectivity index (χ1n) is 7.65. The molecule has 0 unspecified atom stereocenters. The first-order chi connectivity index (χ1) is 8.39. The number of thiol groups is 1. The Morgan fingerprint density at radius 2 is 1.00 bits per heavy atom. The van der Waals surface area contributed by atoms with Gasteiger partial charge in [0, 0.05) is 0 Å². The van der Waals surface area contributed by atoms with Gasteiger partial charge in [0.15, 0.2) is 0 Å².